The molecule has 1 aromatic carbocycles. The summed E-state index contributed by atoms with van der Waals surface area (Å²) in [6, 6.07) is 3.38. The summed E-state index contributed by atoms with van der Waals surface area (Å²) >= 11 is 6.19. The van der Waals surface area contributed by atoms with Crippen LogP contribution in [0.5, 0.6) is 11.5 Å². The quantitative estimate of drug-likeness (QED) is 0.854. The van der Waals surface area contributed by atoms with Crippen LogP contribution in [0.15, 0.2) is 12.1 Å². The number of carboxylic acids is 1. The first kappa shape index (κ1) is 17.9. The van der Waals surface area contributed by atoms with Crippen LogP contribution in [0.25, 0.3) is 0 Å². The van der Waals surface area contributed by atoms with Gasteiger partial charge in [-0.25, -0.2) is 4.79 Å². The van der Waals surface area contributed by atoms with Crippen molar-refractivity contribution in [2.24, 2.45) is 5.92 Å². The average Bonchev–Trinajstić information content (AvgIpc) is 2.57. The van der Waals surface area contributed by atoms with Crippen LogP contribution < -0.4 is 14.8 Å². The number of nitrogens with one attached hydrogen (secondary N) is 1. The van der Waals surface area contributed by atoms with Gasteiger partial charge in [-0.15, -0.1) is 0 Å². The summed E-state index contributed by atoms with van der Waals surface area (Å²) in [5, 5.41) is 12.8. The second kappa shape index (κ2) is 7.12. The number of fused-ring (bicyclic) bond motifs is 1. The van der Waals surface area contributed by atoms with Crippen LogP contribution in [0.4, 0.5) is 0 Å². The van der Waals surface area contributed by atoms with Crippen molar-refractivity contribution in [1.29, 1.82) is 0 Å². The minimum Gasteiger partial charge on any atom is -0.486 e. The predicted octanol–water partition coefficient (Wildman–Crippen LogP) is 2.80. The monoisotopic (exact) mass is 367 g/mol. The predicted molar refractivity (Wildman–Crippen MR) is 92.3 cm³/mol. The average molecular weight is 368 g/mol. The van der Waals surface area contributed by atoms with Gasteiger partial charge in [0.1, 0.15) is 18.8 Å². The van der Waals surface area contributed by atoms with Crippen LogP contribution in [0.2, 0.25) is 5.02 Å². The SMILES string of the molecule is CC1CCC(NC(=O)Cc2cc(Cl)c3c(c2)OCCO3)(C(=O)O)CC1. The van der Waals surface area contributed by atoms with E-state index in [9.17, 15) is 14.7 Å². The van der Waals surface area contributed by atoms with Gasteiger partial charge in [0, 0.05) is 0 Å². The minimum atomic E-state index is -1.17. The van der Waals surface area contributed by atoms with Crippen molar-refractivity contribution >= 4 is 23.5 Å². The number of carbonyl (C=O) groups is 2. The lowest BCUT2D eigenvalue weighted by atomic mass is 9.77. The van der Waals surface area contributed by atoms with Gasteiger partial charge in [0.2, 0.25) is 5.91 Å². The Kier molecular flexibility index (Phi) is 5.08. The van der Waals surface area contributed by atoms with Crippen LogP contribution >= 0.6 is 11.6 Å². The molecule has 0 bridgehead atoms. The minimum absolute atomic E-state index is 0.0426. The van der Waals surface area contributed by atoms with E-state index in [1.165, 1.54) is 0 Å². The summed E-state index contributed by atoms with van der Waals surface area (Å²) in [6.07, 6.45) is 2.54. The molecular weight excluding hydrogens is 346 g/mol. The highest BCUT2D eigenvalue weighted by Crippen LogP contribution is 2.38. The topological polar surface area (TPSA) is 84.9 Å². The fourth-order valence-corrected chi connectivity index (χ4v) is 3.70. The molecule has 0 spiro atoms. The molecular formula is C18H22ClNO5. The third-order valence-electron chi connectivity index (χ3n) is 4.94. The van der Waals surface area contributed by atoms with Gasteiger partial charge in [-0.3, -0.25) is 4.79 Å². The zero-order valence-electron chi connectivity index (χ0n) is 14.1. The Morgan fingerprint density at radius 3 is 2.64 bits per heavy atom. The zero-order chi connectivity index (χ0) is 18.0. The number of aliphatic carboxylic acids is 1. The van der Waals surface area contributed by atoms with E-state index in [-0.39, 0.29) is 12.3 Å². The molecule has 2 aliphatic rings. The smallest absolute Gasteiger partial charge is 0.329 e. The van der Waals surface area contributed by atoms with Crippen molar-refractivity contribution < 1.29 is 24.2 Å². The standard InChI is InChI=1S/C18H22ClNO5/c1-11-2-4-18(5-3-11,17(22)23)20-15(21)10-12-8-13(19)16-14(9-12)24-6-7-25-16/h8-9,11H,2-7,10H2,1H3,(H,20,21)(H,22,23). The number of hydrogen-bond donors (Lipinski definition) is 2. The molecule has 1 amide bonds. The van der Waals surface area contributed by atoms with E-state index >= 15 is 0 Å². The second-order valence-corrected chi connectivity index (χ2v) is 7.30. The van der Waals surface area contributed by atoms with Crippen LogP contribution in [-0.2, 0) is 16.0 Å². The van der Waals surface area contributed by atoms with Gasteiger partial charge in [0.15, 0.2) is 11.5 Å². The highest BCUT2D eigenvalue weighted by Gasteiger charge is 2.42. The lowest BCUT2D eigenvalue weighted by Crippen LogP contribution is -2.56. The number of carbonyl (C=O) groups excluding carboxylic acids is 1. The molecule has 0 unspecified atom stereocenters. The molecule has 0 aromatic heterocycles. The van der Waals surface area contributed by atoms with Crippen molar-refractivity contribution in [3.63, 3.8) is 0 Å². The Morgan fingerprint density at radius 1 is 1.28 bits per heavy atom. The van der Waals surface area contributed by atoms with Crippen molar-refractivity contribution in [3.8, 4) is 11.5 Å². The van der Waals surface area contributed by atoms with Crippen LogP contribution in [0.1, 0.15) is 38.2 Å². The first-order chi connectivity index (χ1) is 11.9. The molecule has 7 heteroatoms. The molecule has 1 heterocycles. The molecule has 1 aliphatic heterocycles. The first-order valence-corrected chi connectivity index (χ1v) is 8.90. The summed E-state index contributed by atoms with van der Waals surface area (Å²) < 4.78 is 11.0. The van der Waals surface area contributed by atoms with Crippen molar-refractivity contribution in [2.75, 3.05) is 13.2 Å². The van der Waals surface area contributed by atoms with E-state index in [0.29, 0.717) is 54.1 Å². The maximum Gasteiger partial charge on any atom is 0.329 e. The highest BCUT2D eigenvalue weighted by molar-refractivity contribution is 6.32. The molecule has 0 saturated heterocycles. The molecule has 1 aliphatic carbocycles. The number of hydrogen-bond acceptors (Lipinski definition) is 4. The second-order valence-electron chi connectivity index (χ2n) is 6.90. The Labute approximate surface area is 151 Å². The molecule has 0 atom stereocenters. The molecule has 1 fully saturated rings. The van der Waals surface area contributed by atoms with Crippen molar-refractivity contribution in [1.82, 2.24) is 5.32 Å². The van der Waals surface area contributed by atoms with Gasteiger partial charge < -0.3 is 19.9 Å². The van der Waals surface area contributed by atoms with E-state index in [1.807, 2.05) is 0 Å². The third-order valence-corrected chi connectivity index (χ3v) is 5.22. The summed E-state index contributed by atoms with van der Waals surface area (Å²) in [5.41, 5.74) is -0.502. The Bertz CT molecular complexity index is 682. The number of amides is 1. The molecule has 25 heavy (non-hydrogen) atoms. The Balaban J connectivity index is 1.71. The maximum absolute atomic E-state index is 12.5. The summed E-state index contributed by atoms with van der Waals surface area (Å²) in [6.45, 7) is 2.97. The van der Waals surface area contributed by atoms with E-state index in [2.05, 4.69) is 12.2 Å². The van der Waals surface area contributed by atoms with Crippen molar-refractivity contribution in [3.05, 3.63) is 22.7 Å². The molecule has 1 saturated carbocycles. The van der Waals surface area contributed by atoms with Crippen LogP contribution in [0.3, 0.4) is 0 Å². The van der Waals surface area contributed by atoms with Crippen LogP contribution in [-0.4, -0.2) is 35.7 Å². The largest absolute Gasteiger partial charge is 0.486 e. The number of benzene rings is 1. The molecule has 136 valence electrons. The molecule has 0 radical (unpaired) electrons. The third kappa shape index (κ3) is 3.84. The molecule has 1 aromatic rings. The maximum atomic E-state index is 12.5. The van der Waals surface area contributed by atoms with E-state index in [0.717, 1.165) is 12.8 Å². The van der Waals surface area contributed by atoms with Crippen LogP contribution in [0, 0.1) is 5.92 Å². The Hall–Kier alpha value is -1.95. The fraction of sp³-hybridized carbons (Fsp3) is 0.556. The zero-order valence-corrected chi connectivity index (χ0v) is 14.9. The number of rotatable bonds is 4. The molecule has 3 rings (SSSR count). The fourth-order valence-electron chi connectivity index (χ4n) is 3.41. The number of halogens is 1. The number of ether oxygens (including phenoxy) is 2. The van der Waals surface area contributed by atoms with E-state index < -0.39 is 11.5 Å². The Morgan fingerprint density at radius 2 is 1.96 bits per heavy atom. The van der Waals surface area contributed by atoms with Crippen molar-refractivity contribution in [2.45, 2.75) is 44.6 Å². The van der Waals surface area contributed by atoms with Gasteiger partial charge in [-0.2, -0.15) is 0 Å². The highest BCUT2D eigenvalue weighted by atomic mass is 35.5. The summed E-state index contributed by atoms with van der Waals surface area (Å²) in [7, 11) is 0. The van der Waals surface area contributed by atoms with Gasteiger partial charge in [0.25, 0.3) is 0 Å². The lowest BCUT2D eigenvalue weighted by molar-refractivity contribution is -0.149. The first-order valence-electron chi connectivity index (χ1n) is 8.52. The van der Waals surface area contributed by atoms with Gasteiger partial charge >= 0.3 is 5.97 Å². The molecule has 6 nitrogen and oxygen atoms in total. The normalized spacial score (nSPS) is 25.3. The van der Waals surface area contributed by atoms with E-state index in [1.54, 1.807) is 12.1 Å². The lowest BCUT2D eigenvalue weighted by Gasteiger charge is -2.36. The summed E-state index contributed by atoms with van der Waals surface area (Å²) in [4.78, 5) is 24.2. The number of carboxylic acid groups (broad SMARTS) is 1. The van der Waals surface area contributed by atoms with Gasteiger partial charge in [-0.05, 0) is 49.3 Å². The summed E-state index contributed by atoms with van der Waals surface area (Å²) in [5.74, 6) is 0.194. The van der Waals surface area contributed by atoms with E-state index in [4.69, 9.17) is 21.1 Å². The van der Waals surface area contributed by atoms with Gasteiger partial charge in [0.05, 0.1) is 11.4 Å². The molecule has 2 N–H and O–H groups in total. The van der Waals surface area contributed by atoms with Gasteiger partial charge in [-0.1, -0.05) is 18.5 Å².